The van der Waals surface area contributed by atoms with E-state index in [1.807, 2.05) is 6.92 Å². The third-order valence-electron chi connectivity index (χ3n) is 3.58. The lowest BCUT2D eigenvalue weighted by Crippen LogP contribution is -2.42. The zero-order chi connectivity index (χ0) is 13.0. The summed E-state index contributed by atoms with van der Waals surface area (Å²) in [7, 11) is 0. The Kier molecular flexibility index (Phi) is 4.72. The van der Waals surface area contributed by atoms with Gasteiger partial charge < -0.3 is 5.32 Å². The molecule has 1 aliphatic rings. The maximum absolute atomic E-state index is 12.0. The number of carbonyl (C=O) groups excluding carboxylic acids is 1. The summed E-state index contributed by atoms with van der Waals surface area (Å²) in [5.41, 5.74) is 2.55. The fourth-order valence-electron chi connectivity index (χ4n) is 2.45. The Balaban J connectivity index is 1.86. The number of likely N-dealkylation sites (tertiary alicyclic amines) is 1. The Morgan fingerprint density at radius 1 is 1.56 bits per heavy atom. The van der Waals surface area contributed by atoms with Gasteiger partial charge in [-0.25, -0.2) is 4.98 Å². The van der Waals surface area contributed by atoms with E-state index in [1.54, 1.807) is 5.51 Å². The number of hydrogen-bond donors (Lipinski definition) is 1. The van der Waals surface area contributed by atoms with Crippen molar-refractivity contribution in [3.63, 3.8) is 0 Å². The number of carbonyl (C=O) groups is 1. The summed E-state index contributed by atoms with van der Waals surface area (Å²) >= 11 is 1.41. The van der Waals surface area contributed by atoms with Crippen LogP contribution in [0.2, 0.25) is 0 Å². The second-order valence-corrected chi connectivity index (χ2v) is 5.64. The molecule has 1 atom stereocenters. The Bertz CT molecular complexity index is 399. The highest BCUT2D eigenvalue weighted by Crippen LogP contribution is 2.15. The Morgan fingerprint density at radius 3 is 2.83 bits per heavy atom. The molecule has 0 radical (unpaired) electrons. The first kappa shape index (κ1) is 13.5. The second kappa shape index (κ2) is 6.29. The van der Waals surface area contributed by atoms with Crippen LogP contribution in [0.15, 0.2) is 5.51 Å². The lowest BCUT2D eigenvalue weighted by Gasteiger charge is -2.26. The van der Waals surface area contributed by atoms with Gasteiger partial charge in [-0.1, -0.05) is 6.92 Å². The molecule has 0 unspecified atom stereocenters. The van der Waals surface area contributed by atoms with Gasteiger partial charge in [-0.15, -0.1) is 11.3 Å². The van der Waals surface area contributed by atoms with Crippen LogP contribution in [0.5, 0.6) is 0 Å². The molecule has 5 heteroatoms. The summed E-state index contributed by atoms with van der Waals surface area (Å²) in [6.07, 6.45) is 3.67. The quantitative estimate of drug-likeness (QED) is 0.888. The van der Waals surface area contributed by atoms with Gasteiger partial charge in [0.1, 0.15) is 4.88 Å². The van der Waals surface area contributed by atoms with Crippen LogP contribution in [0.1, 0.15) is 41.6 Å². The van der Waals surface area contributed by atoms with Crippen molar-refractivity contribution in [2.24, 2.45) is 0 Å². The van der Waals surface area contributed by atoms with Crippen molar-refractivity contribution in [2.45, 2.75) is 39.2 Å². The summed E-state index contributed by atoms with van der Waals surface area (Å²) in [4.78, 5) is 19.3. The van der Waals surface area contributed by atoms with Crippen molar-refractivity contribution in [3.8, 4) is 0 Å². The van der Waals surface area contributed by atoms with E-state index in [9.17, 15) is 4.79 Å². The minimum Gasteiger partial charge on any atom is -0.350 e. The van der Waals surface area contributed by atoms with E-state index >= 15 is 0 Å². The van der Waals surface area contributed by atoms with Crippen LogP contribution in [-0.2, 0) is 0 Å². The van der Waals surface area contributed by atoms with Gasteiger partial charge in [0, 0.05) is 12.6 Å². The van der Waals surface area contributed by atoms with E-state index in [4.69, 9.17) is 0 Å². The predicted molar refractivity (Wildman–Crippen MR) is 74.1 cm³/mol. The van der Waals surface area contributed by atoms with E-state index in [0.717, 1.165) is 23.5 Å². The van der Waals surface area contributed by atoms with Crippen LogP contribution in [0, 0.1) is 6.92 Å². The zero-order valence-corrected chi connectivity index (χ0v) is 11.9. The fraction of sp³-hybridized carbons (Fsp3) is 0.692. The molecule has 1 saturated heterocycles. The first-order chi connectivity index (χ1) is 8.72. The molecule has 1 fully saturated rings. The van der Waals surface area contributed by atoms with E-state index in [2.05, 4.69) is 22.1 Å². The van der Waals surface area contributed by atoms with Crippen LogP contribution in [0.25, 0.3) is 0 Å². The highest BCUT2D eigenvalue weighted by Gasteiger charge is 2.21. The summed E-state index contributed by atoms with van der Waals surface area (Å²) in [5, 5.41) is 3.04. The van der Waals surface area contributed by atoms with Crippen molar-refractivity contribution < 1.29 is 4.79 Å². The van der Waals surface area contributed by atoms with Crippen molar-refractivity contribution in [2.75, 3.05) is 19.6 Å². The molecule has 0 bridgehead atoms. The molecule has 100 valence electrons. The van der Waals surface area contributed by atoms with Crippen LogP contribution >= 0.6 is 11.3 Å². The number of aromatic nitrogens is 1. The number of hydrogen-bond acceptors (Lipinski definition) is 4. The number of rotatable bonds is 5. The topological polar surface area (TPSA) is 45.2 Å². The van der Waals surface area contributed by atoms with Gasteiger partial charge in [0.25, 0.3) is 5.91 Å². The van der Waals surface area contributed by atoms with E-state index in [0.29, 0.717) is 6.04 Å². The van der Waals surface area contributed by atoms with Crippen molar-refractivity contribution in [1.82, 2.24) is 15.2 Å². The molecule has 18 heavy (non-hydrogen) atoms. The van der Waals surface area contributed by atoms with Crippen LogP contribution in [0.4, 0.5) is 0 Å². The molecule has 1 N–H and O–H groups in total. The van der Waals surface area contributed by atoms with Crippen LogP contribution < -0.4 is 5.32 Å². The number of thiazole rings is 1. The third-order valence-corrected chi connectivity index (χ3v) is 4.51. The van der Waals surface area contributed by atoms with Crippen molar-refractivity contribution in [1.29, 1.82) is 0 Å². The molecule has 0 aromatic carbocycles. The minimum absolute atomic E-state index is 0.0210. The molecule has 4 nitrogen and oxygen atoms in total. The van der Waals surface area contributed by atoms with Crippen LogP contribution in [-0.4, -0.2) is 41.5 Å². The molecular formula is C13H21N3OS. The fourth-order valence-corrected chi connectivity index (χ4v) is 3.17. The average Bonchev–Trinajstić information content (AvgIpc) is 3.01. The van der Waals surface area contributed by atoms with E-state index in [-0.39, 0.29) is 5.91 Å². The number of nitrogens with one attached hydrogen (secondary N) is 1. The molecule has 1 amide bonds. The largest absolute Gasteiger partial charge is 0.350 e. The standard InChI is InChI=1S/C13H21N3OS/c1-3-11(16-6-4-5-7-16)8-14-13(17)12-10(2)15-9-18-12/h9,11H,3-8H2,1-2H3,(H,14,17)/t11-/m0/s1. The highest BCUT2D eigenvalue weighted by molar-refractivity contribution is 7.11. The molecule has 2 rings (SSSR count). The highest BCUT2D eigenvalue weighted by atomic mass is 32.1. The molecular weight excluding hydrogens is 246 g/mol. The first-order valence-corrected chi connectivity index (χ1v) is 7.52. The number of nitrogens with zero attached hydrogens (tertiary/aromatic N) is 2. The van der Waals surface area contributed by atoms with Gasteiger partial charge in [-0.3, -0.25) is 9.69 Å². The molecule has 0 saturated carbocycles. The SMILES string of the molecule is CC[C@@H](CNC(=O)c1scnc1C)N1CCCC1. The van der Waals surface area contributed by atoms with Gasteiger partial charge in [0.2, 0.25) is 0 Å². The van der Waals surface area contributed by atoms with Gasteiger partial charge in [0.15, 0.2) is 0 Å². The lowest BCUT2D eigenvalue weighted by molar-refractivity contribution is 0.0940. The molecule has 0 spiro atoms. The first-order valence-electron chi connectivity index (χ1n) is 6.64. The van der Waals surface area contributed by atoms with Gasteiger partial charge in [0.05, 0.1) is 11.2 Å². The van der Waals surface area contributed by atoms with E-state index < -0.39 is 0 Å². The molecule has 1 aliphatic heterocycles. The molecule has 1 aromatic heterocycles. The second-order valence-electron chi connectivity index (χ2n) is 4.78. The maximum Gasteiger partial charge on any atom is 0.263 e. The zero-order valence-electron chi connectivity index (χ0n) is 11.1. The summed E-state index contributed by atoms with van der Waals surface area (Å²) in [6, 6.07) is 0.477. The predicted octanol–water partition coefficient (Wildman–Crippen LogP) is 2.06. The molecule has 1 aromatic rings. The normalized spacial score (nSPS) is 17.9. The van der Waals surface area contributed by atoms with E-state index in [1.165, 1.54) is 37.3 Å². The third kappa shape index (κ3) is 3.09. The summed E-state index contributed by atoms with van der Waals surface area (Å²) < 4.78 is 0. The Labute approximate surface area is 112 Å². The van der Waals surface area contributed by atoms with Crippen molar-refractivity contribution >= 4 is 17.2 Å². The summed E-state index contributed by atoms with van der Waals surface area (Å²) in [5.74, 6) is 0.0210. The molecule has 0 aliphatic carbocycles. The molecule has 2 heterocycles. The van der Waals surface area contributed by atoms with Gasteiger partial charge in [-0.05, 0) is 39.3 Å². The van der Waals surface area contributed by atoms with Gasteiger partial charge >= 0.3 is 0 Å². The maximum atomic E-state index is 12.0. The van der Waals surface area contributed by atoms with Gasteiger partial charge in [-0.2, -0.15) is 0 Å². The Morgan fingerprint density at radius 2 is 2.28 bits per heavy atom. The van der Waals surface area contributed by atoms with Crippen LogP contribution in [0.3, 0.4) is 0 Å². The minimum atomic E-state index is 0.0210. The summed E-state index contributed by atoms with van der Waals surface area (Å²) in [6.45, 7) is 7.16. The Hall–Kier alpha value is -0.940. The number of amides is 1. The lowest BCUT2D eigenvalue weighted by atomic mass is 10.2. The van der Waals surface area contributed by atoms with Crippen molar-refractivity contribution in [3.05, 3.63) is 16.1 Å². The number of aryl methyl sites for hydroxylation is 1. The monoisotopic (exact) mass is 267 g/mol. The average molecular weight is 267 g/mol. The smallest absolute Gasteiger partial charge is 0.263 e.